The lowest BCUT2D eigenvalue weighted by Crippen LogP contribution is -2.32. The highest BCUT2D eigenvalue weighted by atomic mass is 19.4. The van der Waals surface area contributed by atoms with Crippen LogP contribution in [0.5, 0.6) is 0 Å². The number of ether oxygens (including phenoxy) is 1. The Balaban J connectivity index is 4.20. The molecule has 0 amide bonds. The molecule has 90 valence electrons. The monoisotopic (exact) mass is 226 g/mol. The van der Waals surface area contributed by atoms with Gasteiger partial charge >= 0.3 is 12.1 Å². The molecule has 0 spiro atoms. The van der Waals surface area contributed by atoms with Gasteiger partial charge in [0.1, 0.15) is 0 Å². The summed E-state index contributed by atoms with van der Waals surface area (Å²) >= 11 is 0. The zero-order valence-electron chi connectivity index (χ0n) is 9.39. The van der Waals surface area contributed by atoms with Gasteiger partial charge in [-0.1, -0.05) is 27.7 Å². The number of carbonyl (C=O) groups is 1. The number of esters is 1. The minimum Gasteiger partial charge on any atom is -0.465 e. The Bertz CT molecular complexity index is 211. The molecule has 2 atom stereocenters. The van der Waals surface area contributed by atoms with Gasteiger partial charge in [-0.2, -0.15) is 13.2 Å². The highest BCUT2D eigenvalue weighted by Crippen LogP contribution is 2.32. The minimum atomic E-state index is -4.35. The zero-order valence-corrected chi connectivity index (χ0v) is 9.39. The molecule has 0 fully saturated rings. The Morgan fingerprint density at radius 1 is 1.20 bits per heavy atom. The number of hydrogen-bond acceptors (Lipinski definition) is 2. The van der Waals surface area contributed by atoms with Crippen molar-refractivity contribution in [2.24, 2.45) is 17.8 Å². The van der Waals surface area contributed by atoms with E-state index in [1.807, 2.05) is 13.8 Å². The summed E-state index contributed by atoms with van der Waals surface area (Å²) in [5, 5.41) is 0. The summed E-state index contributed by atoms with van der Waals surface area (Å²) in [6, 6.07) is 0. The topological polar surface area (TPSA) is 26.3 Å². The molecular weight excluding hydrogens is 209 g/mol. The molecule has 0 rings (SSSR count). The Morgan fingerprint density at radius 3 is 2.00 bits per heavy atom. The van der Waals surface area contributed by atoms with Crippen LogP contribution in [-0.4, -0.2) is 18.8 Å². The Morgan fingerprint density at radius 2 is 1.67 bits per heavy atom. The van der Waals surface area contributed by atoms with Crippen LogP contribution in [0.4, 0.5) is 13.2 Å². The van der Waals surface area contributed by atoms with Crippen LogP contribution in [0.15, 0.2) is 0 Å². The lowest BCUT2D eigenvalue weighted by atomic mass is 9.96. The van der Waals surface area contributed by atoms with Crippen LogP contribution in [0, 0.1) is 17.8 Å². The summed E-state index contributed by atoms with van der Waals surface area (Å²) in [6.45, 7) is 6.03. The molecule has 0 heterocycles. The number of alkyl halides is 3. The van der Waals surface area contributed by atoms with Crippen LogP contribution >= 0.6 is 0 Å². The molecule has 2 unspecified atom stereocenters. The van der Waals surface area contributed by atoms with Crippen LogP contribution in [-0.2, 0) is 9.53 Å². The molecule has 0 aromatic rings. The van der Waals surface area contributed by atoms with E-state index < -0.39 is 24.0 Å². The van der Waals surface area contributed by atoms with Crippen LogP contribution in [0.2, 0.25) is 0 Å². The summed E-state index contributed by atoms with van der Waals surface area (Å²) in [5.74, 6) is -3.48. The quantitative estimate of drug-likeness (QED) is 0.689. The highest BCUT2D eigenvalue weighted by Gasteiger charge is 2.42. The summed E-state index contributed by atoms with van der Waals surface area (Å²) in [4.78, 5) is 11.2. The van der Waals surface area contributed by atoms with Crippen molar-refractivity contribution in [3.8, 4) is 0 Å². The van der Waals surface area contributed by atoms with Crippen molar-refractivity contribution < 1.29 is 22.7 Å². The summed E-state index contributed by atoms with van der Waals surface area (Å²) in [7, 11) is 0. The molecule has 0 saturated heterocycles. The van der Waals surface area contributed by atoms with Gasteiger partial charge in [0.15, 0.2) is 0 Å². The number of rotatable bonds is 4. The van der Waals surface area contributed by atoms with Crippen molar-refractivity contribution in [3.63, 3.8) is 0 Å². The maximum Gasteiger partial charge on any atom is 0.392 e. The zero-order chi connectivity index (χ0) is 12.2. The Labute approximate surface area is 87.8 Å². The van der Waals surface area contributed by atoms with Crippen molar-refractivity contribution in [3.05, 3.63) is 0 Å². The van der Waals surface area contributed by atoms with Crippen LogP contribution in [0.25, 0.3) is 0 Å². The molecule has 0 aliphatic carbocycles. The molecule has 0 aliphatic heterocycles. The lowest BCUT2D eigenvalue weighted by Gasteiger charge is -2.21. The molecule has 0 saturated carbocycles. The fourth-order valence-electron chi connectivity index (χ4n) is 0.868. The van der Waals surface area contributed by atoms with E-state index in [-0.39, 0.29) is 12.5 Å². The van der Waals surface area contributed by atoms with Crippen molar-refractivity contribution in [1.29, 1.82) is 0 Å². The van der Waals surface area contributed by atoms with Gasteiger partial charge in [-0.05, 0) is 5.92 Å². The van der Waals surface area contributed by atoms with Crippen LogP contribution in [0.1, 0.15) is 27.7 Å². The molecule has 0 bridgehead atoms. The molecule has 15 heavy (non-hydrogen) atoms. The van der Waals surface area contributed by atoms with Crippen LogP contribution < -0.4 is 0 Å². The van der Waals surface area contributed by atoms with E-state index in [0.29, 0.717) is 0 Å². The average molecular weight is 226 g/mol. The number of hydrogen-bond donors (Lipinski definition) is 0. The predicted molar refractivity (Wildman–Crippen MR) is 50.2 cm³/mol. The molecular formula is C10H17F3O2. The van der Waals surface area contributed by atoms with E-state index >= 15 is 0 Å². The first-order valence-electron chi connectivity index (χ1n) is 4.89. The molecule has 0 aliphatic rings. The SMILES string of the molecule is CC(C)COC(=O)C(C)C(C)C(F)(F)F. The van der Waals surface area contributed by atoms with Gasteiger partial charge in [0, 0.05) is 0 Å². The standard InChI is InChI=1S/C10H17F3O2/c1-6(2)5-15-9(14)7(3)8(4)10(11,12)13/h6-8H,5H2,1-4H3. The van der Waals surface area contributed by atoms with E-state index in [1.54, 1.807) is 0 Å². The first kappa shape index (κ1) is 14.3. The molecule has 0 N–H and O–H groups in total. The van der Waals surface area contributed by atoms with Crippen molar-refractivity contribution in [1.82, 2.24) is 0 Å². The third-order valence-electron chi connectivity index (χ3n) is 2.20. The highest BCUT2D eigenvalue weighted by molar-refractivity contribution is 5.72. The largest absolute Gasteiger partial charge is 0.465 e. The molecule has 0 aromatic heterocycles. The van der Waals surface area contributed by atoms with Gasteiger partial charge in [0.25, 0.3) is 0 Å². The van der Waals surface area contributed by atoms with E-state index in [4.69, 9.17) is 4.74 Å². The molecule has 5 heteroatoms. The fourth-order valence-corrected chi connectivity index (χ4v) is 0.868. The first-order chi connectivity index (χ1) is 6.66. The van der Waals surface area contributed by atoms with E-state index in [9.17, 15) is 18.0 Å². The molecule has 0 radical (unpaired) electrons. The normalized spacial score (nSPS) is 16.3. The van der Waals surface area contributed by atoms with E-state index in [2.05, 4.69) is 0 Å². The van der Waals surface area contributed by atoms with Gasteiger partial charge in [-0.25, -0.2) is 0 Å². The second kappa shape index (κ2) is 5.37. The predicted octanol–water partition coefficient (Wildman–Crippen LogP) is 3.02. The van der Waals surface area contributed by atoms with E-state index in [1.165, 1.54) is 6.92 Å². The Hall–Kier alpha value is -0.740. The van der Waals surface area contributed by atoms with Gasteiger partial charge in [0.05, 0.1) is 18.4 Å². The molecule has 0 aromatic carbocycles. The van der Waals surface area contributed by atoms with Crippen molar-refractivity contribution in [2.75, 3.05) is 6.61 Å². The van der Waals surface area contributed by atoms with Gasteiger partial charge in [-0.15, -0.1) is 0 Å². The third kappa shape index (κ3) is 5.04. The van der Waals surface area contributed by atoms with Crippen LogP contribution in [0.3, 0.4) is 0 Å². The van der Waals surface area contributed by atoms with Gasteiger partial charge in [0.2, 0.25) is 0 Å². The van der Waals surface area contributed by atoms with Gasteiger partial charge in [-0.3, -0.25) is 4.79 Å². The fraction of sp³-hybridized carbons (Fsp3) is 0.900. The maximum absolute atomic E-state index is 12.3. The first-order valence-corrected chi connectivity index (χ1v) is 4.89. The smallest absolute Gasteiger partial charge is 0.392 e. The second-order valence-corrected chi connectivity index (χ2v) is 4.14. The second-order valence-electron chi connectivity index (χ2n) is 4.14. The summed E-state index contributed by atoms with van der Waals surface area (Å²) in [6.07, 6.45) is -4.35. The minimum absolute atomic E-state index is 0.127. The summed E-state index contributed by atoms with van der Waals surface area (Å²) in [5.41, 5.74) is 0. The lowest BCUT2D eigenvalue weighted by molar-refractivity contribution is -0.192. The van der Waals surface area contributed by atoms with Crippen molar-refractivity contribution in [2.45, 2.75) is 33.9 Å². The third-order valence-corrected chi connectivity index (χ3v) is 2.20. The maximum atomic E-state index is 12.3. The number of halogens is 3. The summed E-state index contributed by atoms with van der Waals surface area (Å²) < 4.78 is 41.5. The van der Waals surface area contributed by atoms with E-state index in [0.717, 1.165) is 6.92 Å². The number of carbonyl (C=O) groups excluding carboxylic acids is 1. The average Bonchev–Trinajstić information content (AvgIpc) is 2.10. The molecule has 2 nitrogen and oxygen atoms in total. The van der Waals surface area contributed by atoms with Crippen molar-refractivity contribution >= 4 is 5.97 Å². The Kier molecular flexibility index (Phi) is 5.11. The van der Waals surface area contributed by atoms with Gasteiger partial charge < -0.3 is 4.74 Å².